The summed E-state index contributed by atoms with van der Waals surface area (Å²) in [6.45, 7) is 21.0. The predicted molar refractivity (Wildman–Crippen MR) is 249 cm³/mol. The first kappa shape index (κ1) is 38.2. The summed E-state index contributed by atoms with van der Waals surface area (Å²) in [6.07, 6.45) is 1.92. The molecule has 1 aliphatic heterocycles. The number of fused-ring (bicyclic) bond motifs is 4. The minimum absolute atomic E-state index is 0.000253. The van der Waals surface area contributed by atoms with Gasteiger partial charge < -0.3 is 14.5 Å². The van der Waals surface area contributed by atoms with Crippen LogP contribution in [0.15, 0.2) is 152 Å². The van der Waals surface area contributed by atoms with Crippen molar-refractivity contribution in [1.82, 2.24) is 9.55 Å². The Morgan fingerprint density at radius 3 is 1.83 bits per heavy atom. The fraction of sp³-hybridized carbons (Fsp3) is 0.241. The number of nitrogens with zero attached hydrogens (tertiary/aromatic N) is 4. The molecule has 0 amide bonds. The summed E-state index contributed by atoms with van der Waals surface area (Å²) in [5.74, 6) is 2.45. The van der Waals surface area contributed by atoms with E-state index in [1.165, 1.54) is 50.0 Å². The third-order valence-electron chi connectivity index (χ3n) is 11.8. The van der Waals surface area contributed by atoms with Gasteiger partial charge in [-0.3, -0.25) is 4.57 Å². The van der Waals surface area contributed by atoms with Gasteiger partial charge in [0, 0.05) is 40.5 Å². The molecule has 0 saturated heterocycles. The van der Waals surface area contributed by atoms with Gasteiger partial charge in [-0.1, -0.05) is 129 Å². The number of pyridine rings is 1. The average molecular weight is 775 g/mol. The van der Waals surface area contributed by atoms with Crippen molar-refractivity contribution in [2.24, 2.45) is 0 Å². The van der Waals surface area contributed by atoms with E-state index in [4.69, 9.17) is 9.72 Å². The molecule has 6 aromatic carbocycles. The molecule has 0 radical (unpaired) electrons. The van der Waals surface area contributed by atoms with Crippen LogP contribution in [0.4, 0.5) is 22.7 Å². The van der Waals surface area contributed by atoms with Crippen molar-refractivity contribution < 1.29 is 4.74 Å². The van der Waals surface area contributed by atoms with E-state index in [9.17, 15) is 0 Å². The Bertz CT molecular complexity index is 2850. The number of hydrogen-bond donors (Lipinski definition) is 0. The number of ether oxygens (including phenoxy) is 1. The van der Waals surface area contributed by atoms with Crippen LogP contribution in [0.5, 0.6) is 11.5 Å². The lowest BCUT2D eigenvalue weighted by atomic mass is 9.86. The molecule has 8 aromatic rings. The quantitative estimate of drug-likeness (QED) is 0.168. The molecule has 3 heterocycles. The molecule has 2 aromatic heterocycles. The molecule has 0 saturated carbocycles. The third-order valence-corrected chi connectivity index (χ3v) is 11.8. The first-order valence-electron chi connectivity index (χ1n) is 20.8. The van der Waals surface area contributed by atoms with Crippen LogP contribution in [0.3, 0.4) is 0 Å². The van der Waals surface area contributed by atoms with Gasteiger partial charge in [-0.15, -0.1) is 0 Å². The minimum Gasteiger partial charge on any atom is -0.457 e. The molecule has 59 heavy (non-hydrogen) atoms. The number of para-hydroxylation sites is 1. The lowest BCUT2D eigenvalue weighted by molar-refractivity contribution is 0.483. The highest BCUT2D eigenvalue weighted by atomic mass is 16.5. The highest BCUT2D eigenvalue weighted by Crippen LogP contribution is 2.47. The summed E-state index contributed by atoms with van der Waals surface area (Å²) in [7, 11) is 0. The van der Waals surface area contributed by atoms with Gasteiger partial charge in [0.1, 0.15) is 24.0 Å². The van der Waals surface area contributed by atoms with Crippen LogP contribution in [0.1, 0.15) is 79.0 Å². The van der Waals surface area contributed by atoms with Crippen LogP contribution in [0.25, 0.3) is 38.8 Å². The molecule has 0 fully saturated rings. The molecule has 9 rings (SSSR count). The van der Waals surface area contributed by atoms with Crippen LogP contribution in [-0.4, -0.2) is 16.2 Å². The fourth-order valence-electron chi connectivity index (χ4n) is 8.30. The number of hydrogen-bond acceptors (Lipinski definition) is 4. The number of rotatable bonds is 6. The van der Waals surface area contributed by atoms with E-state index in [1.54, 1.807) is 0 Å². The molecule has 5 heteroatoms. The second-order valence-electron chi connectivity index (χ2n) is 19.1. The molecule has 5 nitrogen and oxygen atoms in total. The summed E-state index contributed by atoms with van der Waals surface area (Å²) in [5.41, 5.74) is 13.2. The molecule has 0 atom stereocenters. The van der Waals surface area contributed by atoms with E-state index in [0.717, 1.165) is 39.7 Å². The number of benzene rings is 6. The first-order chi connectivity index (χ1) is 28.1. The molecule has 0 N–H and O–H groups in total. The van der Waals surface area contributed by atoms with Crippen LogP contribution in [0, 0.1) is 0 Å². The second-order valence-corrected chi connectivity index (χ2v) is 19.1. The molecular weight excluding hydrogens is 721 g/mol. The Balaban J connectivity index is 1.09. The Morgan fingerprint density at radius 2 is 1.08 bits per heavy atom. The molecule has 1 aliphatic rings. The molecule has 0 aliphatic carbocycles. The van der Waals surface area contributed by atoms with Crippen molar-refractivity contribution in [2.75, 3.05) is 16.5 Å². The Morgan fingerprint density at radius 1 is 0.458 bits per heavy atom. The fourth-order valence-corrected chi connectivity index (χ4v) is 8.30. The Kier molecular flexibility index (Phi) is 9.19. The topological polar surface area (TPSA) is 33.5 Å². The van der Waals surface area contributed by atoms with Gasteiger partial charge in [-0.05, 0) is 111 Å². The van der Waals surface area contributed by atoms with E-state index < -0.39 is 0 Å². The number of aromatic nitrogens is 2. The maximum absolute atomic E-state index is 6.74. The van der Waals surface area contributed by atoms with Gasteiger partial charge in [0.25, 0.3) is 0 Å². The van der Waals surface area contributed by atoms with Gasteiger partial charge in [-0.2, -0.15) is 0 Å². The van der Waals surface area contributed by atoms with Crippen molar-refractivity contribution in [3.8, 4) is 28.4 Å². The maximum atomic E-state index is 6.74. The minimum atomic E-state index is -0.000253. The van der Waals surface area contributed by atoms with Gasteiger partial charge >= 0.3 is 0 Å². The lowest BCUT2D eigenvalue weighted by Gasteiger charge is -2.25. The Hall–Kier alpha value is -6.33. The van der Waals surface area contributed by atoms with E-state index in [0.29, 0.717) is 6.67 Å². The van der Waals surface area contributed by atoms with Crippen molar-refractivity contribution in [2.45, 2.75) is 78.6 Å². The summed E-state index contributed by atoms with van der Waals surface area (Å²) in [5, 5.41) is 2.35. The molecule has 0 bridgehead atoms. The highest BCUT2D eigenvalue weighted by Gasteiger charge is 2.30. The zero-order chi connectivity index (χ0) is 41.3. The monoisotopic (exact) mass is 774 g/mol. The van der Waals surface area contributed by atoms with Gasteiger partial charge in [-0.25, -0.2) is 4.98 Å². The van der Waals surface area contributed by atoms with Crippen LogP contribution < -0.4 is 14.5 Å². The third kappa shape index (κ3) is 7.24. The summed E-state index contributed by atoms with van der Waals surface area (Å²) in [4.78, 5) is 9.72. The summed E-state index contributed by atoms with van der Waals surface area (Å²) in [6, 6.07) is 52.7. The van der Waals surface area contributed by atoms with Crippen molar-refractivity contribution in [3.63, 3.8) is 0 Å². The second kappa shape index (κ2) is 14.2. The van der Waals surface area contributed by atoms with E-state index in [-0.39, 0.29) is 16.2 Å². The van der Waals surface area contributed by atoms with Crippen molar-refractivity contribution >= 4 is 44.6 Å². The highest BCUT2D eigenvalue weighted by molar-refractivity contribution is 6.09. The van der Waals surface area contributed by atoms with E-state index in [1.807, 2.05) is 12.3 Å². The first-order valence-corrected chi connectivity index (χ1v) is 20.8. The van der Waals surface area contributed by atoms with E-state index in [2.05, 4.69) is 216 Å². The van der Waals surface area contributed by atoms with Gasteiger partial charge in [0.15, 0.2) is 0 Å². The van der Waals surface area contributed by atoms with E-state index >= 15 is 0 Å². The normalized spacial score (nSPS) is 13.4. The van der Waals surface area contributed by atoms with Gasteiger partial charge in [0.2, 0.25) is 0 Å². The molecular formula is C54H54N4O. The maximum Gasteiger partial charge on any atom is 0.137 e. The SMILES string of the molecule is CC(C)(C)c1ccc(-c2ccc3c(c2)N(c2cccc(C(C)(C)C)c2)CN3c2cccc(Oc3ccc4c5ccccc5n(-c5cc(C(C)(C)C)ccn5)c4c3)c2)cc1. The van der Waals surface area contributed by atoms with Crippen LogP contribution >= 0.6 is 0 Å². The van der Waals surface area contributed by atoms with Crippen LogP contribution in [0.2, 0.25) is 0 Å². The summed E-state index contributed by atoms with van der Waals surface area (Å²) >= 11 is 0. The average Bonchev–Trinajstić information content (AvgIpc) is 3.76. The summed E-state index contributed by atoms with van der Waals surface area (Å²) < 4.78 is 9.01. The smallest absolute Gasteiger partial charge is 0.137 e. The molecule has 0 unspecified atom stereocenters. The molecule has 296 valence electrons. The van der Waals surface area contributed by atoms with Crippen molar-refractivity contribution in [1.29, 1.82) is 0 Å². The zero-order valence-corrected chi connectivity index (χ0v) is 35.8. The number of anilines is 4. The Labute approximate surface area is 349 Å². The largest absolute Gasteiger partial charge is 0.457 e. The van der Waals surface area contributed by atoms with Crippen LogP contribution in [-0.2, 0) is 16.2 Å². The van der Waals surface area contributed by atoms with Crippen molar-refractivity contribution in [3.05, 3.63) is 168 Å². The molecule has 0 spiro atoms. The predicted octanol–water partition coefficient (Wildman–Crippen LogP) is 14.8. The zero-order valence-electron chi connectivity index (χ0n) is 35.8. The lowest BCUT2D eigenvalue weighted by Crippen LogP contribution is -2.24. The van der Waals surface area contributed by atoms with Gasteiger partial charge in [0.05, 0.1) is 22.4 Å². The standard InChI is InChI=1S/C54H54N4O/c1-52(2,3)38-23-20-36(21-24-38)37-22-27-48-50(30-37)57(41-15-12-14-39(31-41)53(4,5)6)35-56(48)42-16-13-17-43(33-42)59-44-25-26-46-45-18-10-11-19-47(45)58(49(46)34-44)51-32-40(28-29-55-51)54(7,8)9/h10-34H,35H2,1-9H3.